The van der Waals surface area contributed by atoms with Crippen molar-refractivity contribution in [1.29, 1.82) is 0 Å². The number of rotatable bonds is 2. The monoisotopic (exact) mass is 233 g/mol. The molecule has 1 aromatic rings. The lowest BCUT2D eigenvalue weighted by molar-refractivity contribution is 0.0903. The highest BCUT2D eigenvalue weighted by atomic mass is 16.5. The summed E-state index contributed by atoms with van der Waals surface area (Å²) in [5, 5.41) is 3.32. The van der Waals surface area contributed by atoms with Crippen molar-refractivity contribution in [1.82, 2.24) is 0 Å². The van der Waals surface area contributed by atoms with Crippen LogP contribution in [0.3, 0.4) is 0 Å². The van der Waals surface area contributed by atoms with Gasteiger partial charge in [0.25, 0.3) is 0 Å². The number of hydrogen-bond donors (Lipinski definition) is 1. The van der Waals surface area contributed by atoms with E-state index in [0.29, 0.717) is 11.5 Å². The molecule has 0 amide bonds. The Balaban J connectivity index is 2.10. The first-order valence-corrected chi connectivity index (χ1v) is 5.75. The number of hydrogen-bond acceptors (Lipinski definition) is 4. The fraction of sp³-hybridized carbons (Fsp3) is 0.462. The molecule has 1 saturated carbocycles. The van der Waals surface area contributed by atoms with E-state index in [4.69, 9.17) is 9.47 Å². The summed E-state index contributed by atoms with van der Waals surface area (Å²) in [4.78, 5) is 12.3. The molecular formula is C13H15NO3. The van der Waals surface area contributed by atoms with Crippen LogP contribution < -0.4 is 14.8 Å². The van der Waals surface area contributed by atoms with Gasteiger partial charge in [-0.3, -0.25) is 4.79 Å². The molecule has 1 aliphatic carbocycles. The van der Waals surface area contributed by atoms with Crippen LogP contribution >= 0.6 is 0 Å². The fourth-order valence-corrected chi connectivity index (χ4v) is 2.40. The normalized spacial score (nSPS) is 19.5. The molecule has 1 aliphatic heterocycles. The van der Waals surface area contributed by atoms with Crippen molar-refractivity contribution in [3.05, 3.63) is 17.7 Å². The van der Waals surface area contributed by atoms with E-state index < -0.39 is 0 Å². The van der Waals surface area contributed by atoms with E-state index in [9.17, 15) is 4.79 Å². The molecule has 4 nitrogen and oxygen atoms in total. The van der Waals surface area contributed by atoms with Crippen LogP contribution in [0.15, 0.2) is 12.1 Å². The molecule has 4 heteroatoms. The summed E-state index contributed by atoms with van der Waals surface area (Å²) in [6.07, 6.45) is 1.99. The Morgan fingerprint density at radius 1 is 1.18 bits per heavy atom. The van der Waals surface area contributed by atoms with Gasteiger partial charge in [0, 0.05) is 23.9 Å². The third kappa shape index (κ3) is 1.40. The van der Waals surface area contributed by atoms with Crippen molar-refractivity contribution in [3.63, 3.8) is 0 Å². The summed E-state index contributed by atoms with van der Waals surface area (Å²) < 4.78 is 10.5. The summed E-state index contributed by atoms with van der Waals surface area (Å²) in [5.74, 6) is 1.50. The van der Waals surface area contributed by atoms with Gasteiger partial charge in [0.1, 0.15) is 0 Å². The Morgan fingerprint density at radius 2 is 1.82 bits per heavy atom. The smallest absolute Gasteiger partial charge is 0.172 e. The number of nitrogens with one attached hydrogen (secondary N) is 1. The van der Waals surface area contributed by atoms with E-state index in [1.54, 1.807) is 20.3 Å². The number of anilines is 1. The van der Waals surface area contributed by atoms with Crippen LogP contribution in [0.5, 0.6) is 11.5 Å². The maximum Gasteiger partial charge on any atom is 0.172 e. The highest BCUT2D eigenvalue weighted by Gasteiger charge is 2.52. The summed E-state index contributed by atoms with van der Waals surface area (Å²) in [5.41, 5.74) is 1.45. The van der Waals surface area contributed by atoms with E-state index in [0.717, 1.165) is 30.6 Å². The zero-order valence-corrected chi connectivity index (χ0v) is 10.0. The Bertz CT molecular complexity index is 492. The van der Waals surface area contributed by atoms with Crippen molar-refractivity contribution in [2.75, 3.05) is 26.1 Å². The predicted octanol–water partition coefficient (Wildman–Crippen LogP) is 2.09. The van der Waals surface area contributed by atoms with Crippen molar-refractivity contribution >= 4 is 11.5 Å². The molecule has 90 valence electrons. The van der Waals surface area contributed by atoms with Crippen LogP contribution in [-0.2, 0) is 0 Å². The second-order valence-corrected chi connectivity index (χ2v) is 4.72. The molecule has 1 aromatic carbocycles. The van der Waals surface area contributed by atoms with Gasteiger partial charge >= 0.3 is 0 Å². The molecule has 0 bridgehead atoms. The first kappa shape index (κ1) is 10.4. The highest BCUT2D eigenvalue weighted by Crippen LogP contribution is 2.52. The molecule has 0 saturated heterocycles. The number of ether oxygens (including phenoxy) is 2. The summed E-state index contributed by atoms with van der Waals surface area (Å²) in [6, 6.07) is 3.62. The Morgan fingerprint density at radius 3 is 2.41 bits per heavy atom. The minimum absolute atomic E-state index is 0.132. The van der Waals surface area contributed by atoms with E-state index >= 15 is 0 Å². The van der Waals surface area contributed by atoms with Crippen LogP contribution in [0.4, 0.5) is 5.69 Å². The maximum atomic E-state index is 12.3. The highest BCUT2D eigenvalue weighted by molar-refractivity contribution is 6.09. The molecule has 0 atom stereocenters. The minimum Gasteiger partial charge on any atom is -0.493 e. The lowest BCUT2D eigenvalue weighted by Gasteiger charge is -2.25. The first-order chi connectivity index (χ1) is 8.20. The van der Waals surface area contributed by atoms with E-state index in [2.05, 4.69) is 5.32 Å². The lowest BCUT2D eigenvalue weighted by atomic mass is 9.89. The number of fused-ring (bicyclic) bond motifs is 1. The summed E-state index contributed by atoms with van der Waals surface area (Å²) in [6.45, 7) is 0.744. The number of methoxy groups -OCH3 is 2. The Labute approximate surface area is 99.9 Å². The fourth-order valence-electron chi connectivity index (χ4n) is 2.40. The summed E-state index contributed by atoms with van der Waals surface area (Å²) >= 11 is 0. The second kappa shape index (κ2) is 3.39. The average Bonchev–Trinajstić information content (AvgIpc) is 3.14. The van der Waals surface area contributed by atoms with E-state index in [1.807, 2.05) is 6.07 Å². The number of carbonyl (C=O) groups excluding carboxylic acids is 1. The van der Waals surface area contributed by atoms with Gasteiger partial charge in [-0.25, -0.2) is 0 Å². The van der Waals surface area contributed by atoms with Crippen molar-refractivity contribution < 1.29 is 14.3 Å². The van der Waals surface area contributed by atoms with Crippen LogP contribution in [0.2, 0.25) is 0 Å². The van der Waals surface area contributed by atoms with Gasteiger partial charge in [-0.15, -0.1) is 0 Å². The SMILES string of the molecule is COc1cc2c(cc1OC)C(=O)C1(CC1)CN2. The molecule has 1 spiro atoms. The molecule has 1 fully saturated rings. The van der Waals surface area contributed by atoms with Crippen LogP contribution in [0.25, 0.3) is 0 Å². The largest absolute Gasteiger partial charge is 0.493 e. The Hall–Kier alpha value is -1.71. The maximum absolute atomic E-state index is 12.3. The van der Waals surface area contributed by atoms with Gasteiger partial charge in [0.2, 0.25) is 0 Å². The Kier molecular flexibility index (Phi) is 2.08. The van der Waals surface area contributed by atoms with Gasteiger partial charge < -0.3 is 14.8 Å². The third-order valence-corrected chi connectivity index (χ3v) is 3.72. The molecule has 0 aromatic heterocycles. The molecule has 1 N–H and O–H groups in total. The second-order valence-electron chi connectivity index (χ2n) is 4.72. The van der Waals surface area contributed by atoms with E-state index in [-0.39, 0.29) is 11.2 Å². The van der Waals surface area contributed by atoms with Crippen LogP contribution in [0.1, 0.15) is 23.2 Å². The van der Waals surface area contributed by atoms with Gasteiger partial charge in [-0.1, -0.05) is 0 Å². The van der Waals surface area contributed by atoms with Crippen molar-refractivity contribution in [2.45, 2.75) is 12.8 Å². The third-order valence-electron chi connectivity index (χ3n) is 3.72. The first-order valence-electron chi connectivity index (χ1n) is 5.75. The molecular weight excluding hydrogens is 218 g/mol. The van der Waals surface area contributed by atoms with Gasteiger partial charge in [0.15, 0.2) is 17.3 Å². The van der Waals surface area contributed by atoms with Crippen molar-refractivity contribution in [2.24, 2.45) is 5.41 Å². The standard InChI is InChI=1S/C13H15NO3/c1-16-10-5-8-9(6-11(10)17-2)14-7-13(3-4-13)12(8)15/h5-6,14H,3-4,7H2,1-2H3. The van der Waals surface area contributed by atoms with Gasteiger partial charge in [-0.2, -0.15) is 0 Å². The molecule has 3 rings (SSSR count). The van der Waals surface area contributed by atoms with E-state index in [1.165, 1.54) is 0 Å². The minimum atomic E-state index is -0.132. The van der Waals surface area contributed by atoms with Crippen molar-refractivity contribution in [3.8, 4) is 11.5 Å². The lowest BCUT2D eigenvalue weighted by Crippen LogP contribution is -2.31. The summed E-state index contributed by atoms with van der Waals surface area (Å²) in [7, 11) is 3.18. The van der Waals surface area contributed by atoms with Crippen LogP contribution in [-0.4, -0.2) is 26.5 Å². The zero-order chi connectivity index (χ0) is 12.0. The number of ketones is 1. The average molecular weight is 233 g/mol. The number of benzene rings is 1. The number of Topliss-reactive ketones (excluding diaryl/α,β-unsaturated/α-hetero) is 1. The zero-order valence-electron chi connectivity index (χ0n) is 10.0. The number of carbonyl (C=O) groups is 1. The molecule has 17 heavy (non-hydrogen) atoms. The molecule has 0 radical (unpaired) electrons. The topological polar surface area (TPSA) is 47.6 Å². The molecule has 2 aliphatic rings. The molecule has 1 heterocycles. The molecule has 0 unspecified atom stereocenters. The predicted molar refractivity (Wildman–Crippen MR) is 64.0 cm³/mol. The van der Waals surface area contributed by atoms with Crippen LogP contribution in [0, 0.1) is 5.41 Å². The quantitative estimate of drug-likeness (QED) is 0.849. The van der Waals surface area contributed by atoms with Gasteiger partial charge in [0.05, 0.1) is 19.6 Å². The van der Waals surface area contributed by atoms with Gasteiger partial charge in [-0.05, 0) is 18.9 Å².